The van der Waals surface area contributed by atoms with Crippen molar-refractivity contribution in [2.75, 3.05) is 13.2 Å². The number of alkyl halides is 1. The number of hydrogen-bond acceptors (Lipinski definition) is 2. The van der Waals surface area contributed by atoms with E-state index in [1.165, 1.54) is 12.8 Å². The quantitative estimate of drug-likeness (QED) is 0.865. The number of rotatable bonds is 4. The van der Waals surface area contributed by atoms with E-state index < -0.39 is 0 Å². The minimum atomic E-state index is -0.0613. The molecule has 19 heavy (non-hydrogen) atoms. The van der Waals surface area contributed by atoms with Crippen molar-refractivity contribution in [2.24, 2.45) is 11.8 Å². The highest BCUT2D eigenvalue weighted by atomic mass is 79.9. The molecule has 2 unspecified atom stereocenters. The van der Waals surface area contributed by atoms with Gasteiger partial charge in [0.15, 0.2) is 0 Å². The number of nitrogens with one attached hydrogen (secondary N) is 1. The third-order valence-electron chi connectivity index (χ3n) is 3.85. The molecule has 0 spiro atoms. The van der Waals surface area contributed by atoms with Gasteiger partial charge in [0.1, 0.15) is 12.4 Å². The predicted molar refractivity (Wildman–Crippen MR) is 77.6 cm³/mol. The number of benzene rings is 1. The van der Waals surface area contributed by atoms with Crippen molar-refractivity contribution >= 4 is 21.8 Å². The van der Waals surface area contributed by atoms with Crippen LogP contribution in [0.25, 0.3) is 0 Å². The van der Waals surface area contributed by atoms with Gasteiger partial charge in [-0.25, -0.2) is 0 Å². The number of para-hydroxylation sites is 1. The van der Waals surface area contributed by atoms with Crippen molar-refractivity contribution in [1.29, 1.82) is 0 Å². The lowest BCUT2D eigenvalue weighted by Gasteiger charge is -2.24. The standard InChI is InChI=1S/C15H18BrNO2/c16-13(10-5-6-10)8-17-15(18)12-7-11-3-1-2-4-14(11)19-9-12/h1-4,10,12-13H,5-9H2,(H,17,18). The Balaban J connectivity index is 1.53. The monoisotopic (exact) mass is 323 g/mol. The molecule has 3 nitrogen and oxygen atoms in total. The number of carbonyl (C=O) groups is 1. The summed E-state index contributed by atoms with van der Waals surface area (Å²) in [6, 6.07) is 7.95. The van der Waals surface area contributed by atoms with Crippen LogP contribution < -0.4 is 10.1 Å². The number of carbonyl (C=O) groups excluding carboxylic acids is 1. The SMILES string of the molecule is O=C(NCC(Br)C1CC1)C1COc2ccccc2C1. The zero-order chi connectivity index (χ0) is 13.2. The molecule has 4 heteroatoms. The molecule has 0 radical (unpaired) electrons. The molecule has 0 saturated heterocycles. The first-order chi connectivity index (χ1) is 9.24. The Morgan fingerprint density at radius 3 is 3.00 bits per heavy atom. The Bertz CT molecular complexity index is 473. The summed E-state index contributed by atoms with van der Waals surface area (Å²) in [5.74, 6) is 1.72. The topological polar surface area (TPSA) is 38.3 Å². The fourth-order valence-corrected chi connectivity index (χ4v) is 3.15. The van der Waals surface area contributed by atoms with Crippen LogP contribution in [0, 0.1) is 11.8 Å². The van der Waals surface area contributed by atoms with E-state index in [1.807, 2.05) is 24.3 Å². The van der Waals surface area contributed by atoms with Gasteiger partial charge in [-0.1, -0.05) is 34.1 Å². The molecule has 1 amide bonds. The highest BCUT2D eigenvalue weighted by Gasteiger charge is 2.31. The predicted octanol–water partition coefficient (Wildman–Crippen LogP) is 2.53. The molecule has 1 fully saturated rings. The summed E-state index contributed by atoms with van der Waals surface area (Å²) in [6.45, 7) is 1.21. The summed E-state index contributed by atoms with van der Waals surface area (Å²) >= 11 is 3.64. The van der Waals surface area contributed by atoms with E-state index >= 15 is 0 Å². The summed E-state index contributed by atoms with van der Waals surface area (Å²) in [6.07, 6.45) is 3.34. The molecular formula is C15H18BrNO2. The van der Waals surface area contributed by atoms with Gasteiger partial charge in [0.2, 0.25) is 5.91 Å². The molecule has 1 heterocycles. The Morgan fingerprint density at radius 2 is 2.21 bits per heavy atom. The molecule has 1 N–H and O–H groups in total. The molecule has 2 atom stereocenters. The molecule has 0 bridgehead atoms. The van der Waals surface area contributed by atoms with Crippen molar-refractivity contribution in [2.45, 2.75) is 24.1 Å². The van der Waals surface area contributed by atoms with Gasteiger partial charge in [-0.05, 0) is 36.8 Å². The molecule has 0 aromatic heterocycles. The second-order valence-corrected chi connectivity index (χ2v) is 6.59. The minimum absolute atomic E-state index is 0.0613. The number of ether oxygens (including phenoxy) is 1. The van der Waals surface area contributed by atoms with Crippen molar-refractivity contribution in [1.82, 2.24) is 5.32 Å². The van der Waals surface area contributed by atoms with Gasteiger partial charge in [-0.2, -0.15) is 0 Å². The van der Waals surface area contributed by atoms with E-state index in [9.17, 15) is 4.79 Å². The molecular weight excluding hydrogens is 306 g/mol. The van der Waals surface area contributed by atoms with Crippen LogP contribution >= 0.6 is 15.9 Å². The Morgan fingerprint density at radius 1 is 1.42 bits per heavy atom. The summed E-state index contributed by atoms with van der Waals surface area (Å²) in [7, 11) is 0. The average molecular weight is 324 g/mol. The highest BCUT2D eigenvalue weighted by Crippen LogP contribution is 2.36. The molecule has 1 aromatic carbocycles. The number of fused-ring (bicyclic) bond motifs is 1. The molecule has 2 aliphatic rings. The Hall–Kier alpha value is -1.03. The largest absolute Gasteiger partial charge is 0.492 e. The highest BCUT2D eigenvalue weighted by molar-refractivity contribution is 9.09. The van der Waals surface area contributed by atoms with Crippen LogP contribution in [0.5, 0.6) is 5.75 Å². The first-order valence-corrected chi connectivity index (χ1v) is 7.78. The lowest BCUT2D eigenvalue weighted by molar-refractivity contribution is -0.126. The van der Waals surface area contributed by atoms with Gasteiger partial charge in [0, 0.05) is 11.4 Å². The molecule has 1 saturated carbocycles. The fourth-order valence-electron chi connectivity index (χ4n) is 2.46. The van der Waals surface area contributed by atoms with E-state index in [2.05, 4.69) is 21.2 Å². The summed E-state index contributed by atoms with van der Waals surface area (Å²) in [4.78, 5) is 12.6. The number of hydrogen-bond donors (Lipinski definition) is 1. The first kappa shape index (κ1) is 13.0. The molecule has 3 rings (SSSR count). The van der Waals surface area contributed by atoms with E-state index in [4.69, 9.17) is 4.74 Å². The van der Waals surface area contributed by atoms with E-state index in [-0.39, 0.29) is 11.8 Å². The van der Waals surface area contributed by atoms with Crippen LogP contribution in [0.4, 0.5) is 0 Å². The zero-order valence-corrected chi connectivity index (χ0v) is 12.4. The normalized spacial score (nSPS) is 23.1. The van der Waals surface area contributed by atoms with Gasteiger partial charge in [0.05, 0.1) is 5.92 Å². The van der Waals surface area contributed by atoms with Crippen molar-refractivity contribution in [3.63, 3.8) is 0 Å². The van der Waals surface area contributed by atoms with Crippen LogP contribution in [0.1, 0.15) is 18.4 Å². The third kappa shape index (κ3) is 3.11. The fraction of sp³-hybridized carbons (Fsp3) is 0.533. The number of halogens is 1. The first-order valence-electron chi connectivity index (χ1n) is 6.86. The van der Waals surface area contributed by atoms with Gasteiger partial charge in [-0.3, -0.25) is 4.79 Å². The van der Waals surface area contributed by atoms with Crippen LogP contribution in [-0.2, 0) is 11.2 Å². The van der Waals surface area contributed by atoms with E-state index in [1.54, 1.807) is 0 Å². The van der Waals surface area contributed by atoms with Gasteiger partial charge >= 0.3 is 0 Å². The van der Waals surface area contributed by atoms with Gasteiger partial charge in [0.25, 0.3) is 0 Å². The summed E-state index contributed by atoms with van der Waals surface area (Å²) in [5.41, 5.74) is 1.13. The second kappa shape index (κ2) is 5.53. The van der Waals surface area contributed by atoms with Crippen LogP contribution in [0.3, 0.4) is 0 Å². The number of amides is 1. The van der Waals surface area contributed by atoms with Crippen LogP contribution in [-0.4, -0.2) is 23.9 Å². The Labute approximate surface area is 121 Å². The maximum absolute atomic E-state index is 12.1. The van der Waals surface area contributed by atoms with Crippen molar-refractivity contribution < 1.29 is 9.53 Å². The Kier molecular flexibility index (Phi) is 3.78. The smallest absolute Gasteiger partial charge is 0.226 e. The minimum Gasteiger partial charge on any atom is -0.492 e. The summed E-state index contributed by atoms with van der Waals surface area (Å²) < 4.78 is 5.65. The average Bonchev–Trinajstić information content (AvgIpc) is 3.28. The second-order valence-electron chi connectivity index (χ2n) is 5.42. The van der Waals surface area contributed by atoms with Gasteiger partial charge in [-0.15, -0.1) is 0 Å². The molecule has 102 valence electrons. The molecule has 1 aliphatic carbocycles. The lowest BCUT2D eigenvalue weighted by atomic mass is 9.96. The lowest BCUT2D eigenvalue weighted by Crippen LogP contribution is -2.40. The zero-order valence-electron chi connectivity index (χ0n) is 10.8. The maximum atomic E-state index is 12.1. The third-order valence-corrected chi connectivity index (χ3v) is 4.93. The molecule has 1 aromatic rings. The molecule has 1 aliphatic heterocycles. The van der Waals surface area contributed by atoms with Crippen molar-refractivity contribution in [3.05, 3.63) is 29.8 Å². The van der Waals surface area contributed by atoms with Crippen LogP contribution in [0.15, 0.2) is 24.3 Å². The van der Waals surface area contributed by atoms with E-state index in [0.717, 1.165) is 30.2 Å². The summed E-state index contributed by atoms with van der Waals surface area (Å²) in [5, 5.41) is 3.04. The van der Waals surface area contributed by atoms with Crippen molar-refractivity contribution in [3.8, 4) is 5.75 Å². The maximum Gasteiger partial charge on any atom is 0.226 e. The van der Waals surface area contributed by atoms with Crippen LogP contribution in [0.2, 0.25) is 0 Å². The van der Waals surface area contributed by atoms with E-state index in [0.29, 0.717) is 11.4 Å². The van der Waals surface area contributed by atoms with Gasteiger partial charge < -0.3 is 10.1 Å².